The molecule has 4 nitrogen and oxygen atoms in total. The van der Waals surface area contributed by atoms with Gasteiger partial charge in [0.05, 0.1) is 5.69 Å². The second-order valence-corrected chi connectivity index (χ2v) is 5.89. The van der Waals surface area contributed by atoms with Crippen LogP contribution in [0.3, 0.4) is 0 Å². The maximum atomic E-state index is 13.6. The van der Waals surface area contributed by atoms with Gasteiger partial charge >= 0.3 is 0 Å². The first kappa shape index (κ1) is 14.0. The largest absolute Gasteiger partial charge is 0.342 e. The molecule has 3 rings (SSSR count). The van der Waals surface area contributed by atoms with Crippen molar-refractivity contribution in [2.45, 2.75) is 45.2 Å². The molecule has 2 aliphatic rings. The van der Waals surface area contributed by atoms with Gasteiger partial charge in [0.1, 0.15) is 17.9 Å². The lowest BCUT2D eigenvalue weighted by Gasteiger charge is -2.39. The number of hydrogen-bond acceptors (Lipinski definition) is 2. The molecule has 1 heterocycles. The van der Waals surface area contributed by atoms with Crippen LogP contribution in [0.15, 0.2) is 18.2 Å². The molecule has 2 atom stereocenters. The number of hydrogen-bond donors (Lipinski definition) is 1. The van der Waals surface area contributed by atoms with Crippen LogP contribution < -0.4 is 10.2 Å². The predicted molar refractivity (Wildman–Crippen MR) is 77.4 cm³/mol. The highest BCUT2D eigenvalue weighted by molar-refractivity contribution is 6.09. The summed E-state index contributed by atoms with van der Waals surface area (Å²) in [7, 11) is 0. The second-order valence-electron chi connectivity index (χ2n) is 5.89. The van der Waals surface area contributed by atoms with Crippen LogP contribution in [-0.2, 0) is 9.59 Å². The summed E-state index contributed by atoms with van der Waals surface area (Å²) in [5.41, 5.74) is 1.31. The van der Waals surface area contributed by atoms with E-state index in [1.54, 1.807) is 6.07 Å². The SMILES string of the molecule is CCC1C(=O)NC(C2CC2)C(=O)N1c1cc(F)ccc1C. The van der Waals surface area contributed by atoms with Gasteiger partial charge in [0.2, 0.25) is 5.91 Å². The number of nitrogens with one attached hydrogen (secondary N) is 1. The molecule has 112 valence electrons. The van der Waals surface area contributed by atoms with Gasteiger partial charge in [-0.25, -0.2) is 4.39 Å². The standard InChI is InChI=1S/C16H19FN2O2/c1-3-12-15(20)18-14(10-5-6-10)16(21)19(12)13-8-11(17)7-4-9(13)2/h4,7-8,10,12,14H,3,5-6H2,1-2H3,(H,18,20). The third-order valence-corrected chi connectivity index (χ3v) is 4.33. The van der Waals surface area contributed by atoms with Crippen molar-refractivity contribution in [3.05, 3.63) is 29.6 Å². The van der Waals surface area contributed by atoms with Crippen molar-refractivity contribution in [1.29, 1.82) is 0 Å². The first-order valence-corrected chi connectivity index (χ1v) is 7.42. The van der Waals surface area contributed by atoms with Gasteiger partial charge in [0.25, 0.3) is 5.91 Å². The number of anilines is 1. The fourth-order valence-corrected chi connectivity index (χ4v) is 2.98. The third-order valence-electron chi connectivity index (χ3n) is 4.33. The summed E-state index contributed by atoms with van der Waals surface area (Å²) < 4.78 is 13.6. The Morgan fingerprint density at radius 1 is 1.33 bits per heavy atom. The van der Waals surface area contributed by atoms with E-state index in [4.69, 9.17) is 0 Å². The summed E-state index contributed by atoms with van der Waals surface area (Å²) in [5.74, 6) is -0.418. The average molecular weight is 290 g/mol. The molecule has 0 spiro atoms. The van der Waals surface area contributed by atoms with Crippen molar-refractivity contribution in [1.82, 2.24) is 5.32 Å². The van der Waals surface area contributed by atoms with Crippen LogP contribution in [0.1, 0.15) is 31.7 Å². The minimum atomic E-state index is -0.562. The Labute approximate surface area is 123 Å². The zero-order valence-corrected chi connectivity index (χ0v) is 12.2. The van der Waals surface area contributed by atoms with Crippen LogP contribution in [0.25, 0.3) is 0 Å². The zero-order chi connectivity index (χ0) is 15.1. The number of carbonyl (C=O) groups excluding carboxylic acids is 2. The van der Waals surface area contributed by atoms with E-state index in [-0.39, 0.29) is 17.7 Å². The molecule has 2 amide bonds. The molecular weight excluding hydrogens is 271 g/mol. The number of halogens is 1. The summed E-state index contributed by atoms with van der Waals surface area (Å²) in [6.07, 6.45) is 2.43. The topological polar surface area (TPSA) is 49.4 Å². The molecule has 1 saturated carbocycles. The number of benzene rings is 1. The lowest BCUT2D eigenvalue weighted by atomic mass is 9.99. The van der Waals surface area contributed by atoms with Crippen molar-refractivity contribution in [3.63, 3.8) is 0 Å². The Hall–Kier alpha value is -1.91. The molecule has 1 aromatic carbocycles. The van der Waals surface area contributed by atoms with E-state index in [2.05, 4.69) is 5.32 Å². The highest BCUT2D eigenvalue weighted by Gasteiger charge is 2.47. The lowest BCUT2D eigenvalue weighted by molar-refractivity contribution is -0.134. The van der Waals surface area contributed by atoms with Crippen LogP contribution >= 0.6 is 0 Å². The maximum Gasteiger partial charge on any atom is 0.250 e. The molecule has 0 radical (unpaired) electrons. The van der Waals surface area contributed by atoms with E-state index >= 15 is 0 Å². The Balaban J connectivity index is 2.03. The molecule has 0 bridgehead atoms. The Morgan fingerprint density at radius 3 is 2.67 bits per heavy atom. The minimum Gasteiger partial charge on any atom is -0.342 e. The zero-order valence-electron chi connectivity index (χ0n) is 12.2. The van der Waals surface area contributed by atoms with Crippen LogP contribution in [0.4, 0.5) is 10.1 Å². The van der Waals surface area contributed by atoms with Crippen LogP contribution in [0.2, 0.25) is 0 Å². The van der Waals surface area contributed by atoms with E-state index in [9.17, 15) is 14.0 Å². The summed E-state index contributed by atoms with van der Waals surface area (Å²) in [6, 6.07) is 3.34. The normalized spacial score (nSPS) is 26.0. The number of aryl methyl sites for hydroxylation is 1. The van der Waals surface area contributed by atoms with Gasteiger partial charge in [0, 0.05) is 0 Å². The van der Waals surface area contributed by atoms with Gasteiger partial charge < -0.3 is 5.32 Å². The van der Waals surface area contributed by atoms with Crippen molar-refractivity contribution >= 4 is 17.5 Å². The molecule has 2 fully saturated rings. The monoisotopic (exact) mass is 290 g/mol. The highest BCUT2D eigenvalue weighted by atomic mass is 19.1. The van der Waals surface area contributed by atoms with Gasteiger partial charge in [-0.1, -0.05) is 13.0 Å². The van der Waals surface area contributed by atoms with Crippen LogP contribution in [0, 0.1) is 18.7 Å². The fourth-order valence-electron chi connectivity index (χ4n) is 2.98. The van der Waals surface area contributed by atoms with Crippen molar-refractivity contribution in [2.24, 2.45) is 5.92 Å². The number of piperazine rings is 1. The van der Waals surface area contributed by atoms with Crippen molar-refractivity contribution in [2.75, 3.05) is 4.90 Å². The Morgan fingerprint density at radius 2 is 2.05 bits per heavy atom. The van der Waals surface area contributed by atoms with Crippen molar-refractivity contribution < 1.29 is 14.0 Å². The first-order chi connectivity index (χ1) is 10.0. The summed E-state index contributed by atoms with van der Waals surface area (Å²) in [4.78, 5) is 26.6. The number of nitrogens with zero attached hydrogens (tertiary/aromatic N) is 1. The van der Waals surface area contributed by atoms with E-state index < -0.39 is 17.9 Å². The molecule has 21 heavy (non-hydrogen) atoms. The smallest absolute Gasteiger partial charge is 0.250 e. The van der Waals surface area contributed by atoms with Gasteiger partial charge in [-0.05, 0) is 49.8 Å². The summed E-state index contributed by atoms with van der Waals surface area (Å²) >= 11 is 0. The Bertz CT molecular complexity index is 598. The van der Waals surface area contributed by atoms with E-state index in [0.717, 1.165) is 18.4 Å². The lowest BCUT2D eigenvalue weighted by Crippen LogP contribution is -2.64. The number of rotatable bonds is 3. The maximum absolute atomic E-state index is 13.6. The molecule has 1 N–H and O–H groups in total. The molecule has 1 saturated heterocycles. The van der Waals surface area contributed by atoms with Crippen LogP contribution in [0.5, 0.6) is 0 Å². The second kappa shape index (κ2) is 5.13. The molecule has 1 aliphatic carbocycles. The fraction of sp³-hybridized carbons (Fsp3) is 0.500. The van der Waals surface area contributed by atoms with E-state index in [1.807, 2.05) is 13.8 Å². The molecular formula is C16H19FN2O2. The van der Waals surface area contributed by atoms with Crippen LogP contribution in [-0.4, -0.2) is 23.9 Å². The van der Waals surface area contributed by atoms with Gasteiger partial charge in [0.15, 0.2) is 0 Å². The first-order valence-electron chi connectivity index (χ1n) is 7.42. The molecule has 5 heteroatoms. The minimum absolute atomic E-state index is 0.113. The van der Waals surface area contributed by atoms with Gasteiger partial charge in [-0.2, -0.15) is 0 Å². The summed E-state index contributed by atoms with van der Waals surface area (Å²) in [6.45, 7) is 3.68. The molecule has 2 unspecified atom stereocenters. The quantitative estimate of drug-likeness (QED) is 0.927. The number of carbonyl (C=O) groups is 2. The average Bonchev–Trinajstić information content (AvgIpc) is 3.28. The summed E-state index contributed by atoms with van der Waals surface area (Å²) in [5, 5.41) is 2.84. The van der Waals surface area contributed by atoms with Crippen molar-refractivity contribution in [3.8, 4) is 0 Å². The molecule has 1 aromatic rings. The predicted octanol–water partition coefficient (Wildman–Crippen LogP) is 2.15. The van der Waals surface area contributed by atoms with Gasteiger partial charge in [-0.3, -0.25) is 14.5 Å². The molecule has 0 aromatic heterocycles. The molecule has 1 aliphatic heterocycles. The van der Waals surface area contributed by atoms with Gasteiger partial charge in [-0.15, -0.1) is 0 Å². The van der Waals surface area contributed by atoms with E-state index in [0.29, 0.717) is 12.1 Å². The highest BCUT2D eigenvalue weighted by Crippen LogP contribution is 2.37. The third kappa shape index (κ3) is 2.41. The number of amides is 2. The Kier molecular flexibility index (Phi) is 3.43. The van der Waals surface area contributed by atoms with E-state index in [1.165, 1.54) is 17.0 Å².